The summed E-state index contributed by atoms with van der Waals surface area (Å²) >= 11 is 5.88. The summed E-state index contributed by atoms with van der Waals surface area (Å²) < 4.78 is 11.1. The Morgan fingerprint density at radius 1 is 1.22 bits per heavy atom. The van der Waals surface area contributed by atoms with E-state index in [4.69, 9.17) is 20.8 Å². The van der Waals surface area contributed by atoms with Gasteiger partial charge in [0, 0.05) is 5.56 Å². The molecule has 2 rings (SSSR count). The van der Waals surface area contributed by atoms with Crippen molar-refractivity contribution >= 4 is 11.6 Å². The van der Waals surface area contributed by atoms with Crippen LogP contribution in [0.5, 0.6) is 5.75 Å². The van der Waals surface area contributed by atoms with Crippen LogP contribution in [0, 0.1) is 0 Å². The van der Waals surface area contributed by atoms with Gasteiger partial charge in [-0.15, -0.1) is 21.8 Å². The first-order chi connectivity index (χ1) is 8.56. The van der Waals surface area contributed by atoms with Gasteiger partial charge in [-0.3, -0.25) is 0 Å². The van der Waals surface area contributed by atoms with Gasteiger partial charge in [-0.2, -0.15) is 0 Å². The van der Waals surface area contributed by atoms with Crippen LogP contribution >= 0.6 is 11.6 Å². The predicted octanol–water partition coefficient (Wildman–Crippen LogP) is 3.82. The highest BCUT2D eigenvalue weighted by molar-refractivity contribution is 6.20. The average molecular weight is 267 g/mol. The molecule has 0 aliphatic rings. The van der Waals surface area contributed by atoms with E-state index in [-0.39, 0.29) is 11.5 Å². The maximum Gasteiger partial charge on any atom is 0.247 e. The SMILES string of the molecule is CC(C)Oc1cccc(-c2nnc(C(C)Cl)o2)c1. The van der Waals surface area contributed by atoms with Gasteiger partial charge in [0.25, 0.3) is 0 Å². The fourth-order valence-electron chi connectivity index (χ4n) is 1.49. The summed E-state index contributed by atoms with van der Waals surface area (Å²) in [5.41, 5.74) is 0.823. The molecule has 1 heterocycles. The minimum absolute atomic E-state index is 0.126. The third-order valence-electron chi connectivity index (χ3n) is 2.23. The Labute approximate surface area is 111 Å². The monoisotopic (exact) mass is 266 g/mol. The average Bonchev–Trinajstić information content (AvgIpc) is 2.77. The van der Waals surface area contributed by atoms with Gasteiger partial charge in [0.2, 0.25) is 11.8 Å². The number of alkyl halides is 1. The summed E-state index contributed by atoms with van der Waals surface area (Å²) in [4.78, 5) is 0. The van der Waals surface area contributed by atoms with E-state index in [9.17, 15) is 0 Å². The molecule has 0 radical (unpaired) electrons. The van der Waals surface area contributed by atoms with Gasteiger partial charge in [0.1, 0.15) is 11.1 Å². The largest absolute Gasteiger partial charge is 0.491 e. The standard InChI is InChI=1S/C13H15ClN2O2/c1-8(2)17-11-6-4-5-10(7-11)13-16-15-12(18-13)9(3)14/h4-9H,1-3H3. The second-order valence-corrected chi connectivity index (χ2v) is 4.91. The first-order valence-electron chi connectivity index (χ1n) is 5.81. The third kappa shape index (κ3) is 3.01. The van der Waals surface area contributed by atoms with E-state index in [0.717, 1.165) is 11.3 Å². The zero-order chi connectivity index (χ0) is 13.1. The van der Waals surface area contributed by atoms with Gasteiger partial charge in [0.05, 0.1) is 6.10 Å². The van der Waals surface area contributed by atoms with Crippen LogP contribution in [-0.2, 0) is 0 Å². The molecule has 0 amide bonds. The molecule has 1 unspecified atom stereocenters. The van der Waals surface area contributed by atoms with Crippen LogP contribution in [0.1, 0.15) is 32.0 Å². The molecule has 0 saturated heterocycles. The lowest BCUT2D eigenvalue weighted by atomic mass is 10.2. The van der Waals surface area contributed by atoms with Gasteiger partial charge in [-0.05, 0) is 39.0 Å². The summed E-state index contributed by atoms with van der Waals surface area (Å²) in [5, 5.41) is 7.57. The number of halogens is 1. The Morgan fingerprint density at radius 2 is 2.00 bits per heavy atom. The highest BCUT2D eigenvalue weighted by Gasteiger charge is 2.13. The number of benzene rings is 1. The van der Waals surface area contributed by atoms with Crippen LogP contribution in [0.2, 0.25) is 0 Å². The molecule has 2 aromatic rings. The molecule has 4 nitrogen and oxygen atoms in total. The Hall–Kier alpha value is -1.55. The van der Waals surface area contributed by atoms with Crippen LogP contribution < -0.4 is 4.74 Å². The van der Waals surface area contributed by atoms with Crippen molar-refractivity contribution < 1.29 is 9.15 Å². The van der Waals surface area contributed by atoms with E-state index in [1.807, 2.05) is 38.1 Å². The molecule has 1 atom stereocenters. The molecule has 1 aromatic carbocycles. The molecule has 0 aliphatic carbocycles. The van der Waals surface area contributed by atoms with Crippen LogP contribution in [0.3, 0.4) is 0 Å². The number of nitrogens with zero attached hydrogens (tertiary/aromatic N) is 2. The van der Waals surface area contributed by atoms with Crippen LogP contribution in [0.4, 0.5) is 0 Å². The molecule has 0 spiro atoms. The van der Waals surface area contributed by atoms with Crippen LogP contribution in [0.25, 0.3) is 11.5 Å². The lowest BCUT2D eigenvalue weighted by Gasteiger charge is -2.09. The first-order valence-corrected chi connectivity index (χ1v) is 6.24. The van der Waals surface area contributed by atoms with Crippen molar-refractivity contribution in [2.45, 2.75) is 32.3 Å². The van der Waals surface area contributed by atoms with E-state index in [1.54, 1.807) is 6.92 Å². The van der Waals surface area contributed by atoms with Gasteiger partial charge < -0.3 is 9.15 Å². The van der Waals surface area contributed by atoms with Crippen molar-refractivity contribution in [2.75, 3.05) is 0 Å². The molecule has 0 fully saturated rings. The van der Waals surface area contributed by atoms with Crippen LogP contribution in [0.15, 0.2) is 28.7 Å². The van der Waals surface area contributed by atoms with Crippen molar-refractivity contribution in [1.82, 2.24) is 10.2 Å². The number of hydrogen-bond acceptors (Lipinski definition) is 4. The molecular formula is C13H15ClN2O2. The fourth-order valence-corrected chi connectivity index (χ4v) is 1.57. The normalized spacial score (nSPS) is 12.7. The van der Waals surface area contributed by atoms with Gasteiger partial charge in [-0.1, -0.05) is 6.07 Å². The molecule has 96 valence electrons. The predicted molar refractivity (Wildman–Crippen MR) is 69.8 cm³/mol. The number of ether oxygens (including phenoxy) is 1. The highest BCUT2D eigenvalue weighted by atomic mass is 35.5. The Bertz CT molecular complexity index is 523. The maximum atomic E-state index is 5.88. The highest BCUT2D eigenvalue weighted by Crippen LogP contribution is 2.26. The first kappa shape index (κ1) is 12.9. The second kappa shape index (κ2) is 5.40. The zero-order valence-corrected chi connectivity index (χ0v) is 11.3. The topological polar surface area (TPSA) is 48.2 Å². The van der Waals surface area contributed by atoms with Crippen LogP contribution in [-0.4, -0.2) is 16.3 Å². The smallest absolute Gasteiger partial charge is 0.247 e. The van der Waals surface area contributed by atoms with E-state index in [1.165, 1.54) is 0 Å². The summed E-state index contributed by atoms with van der Waals surface area (Å²) in [6, 6.07) is 7.55. The lowest BCUT2D eigenvalue weighted by Crippen LogP contribution is -2.05. The van der Waals surface area contributed by atoms with Gasteiger partial charge in [-0.25, -0.2) is 0 Å². The third-order valence-corrected chi connectivity index (χ3v) is 2.42. The van der Waals surface area contributed by atoms with Crippen molar-refractivity contribution in [3.63, 3.8) is 0 Å². The van der Waals surface area contributed by atoms with Crippen molar-refractivity contribution in [1.29, 1.82) is 0 Å². The molecule has 1 aromatic heterocycles. The summed E-state index contributed by atoms with van der Waals surface area (Å²) in [7, 11) is 0. The minimum Gasteiger partial charge on any atom is -0.491 e. The molecule has 5 heteroatoms. The van der Waals surface area contributed by atoms with Gasteiger partial charge >= 0.3 is 0 Å². The van der Waals surface area contributed by atoms with Crippen molar-refractivity contribution in [3.8, 4) is 17.2 Å². The zero-order valence-electron chi connectivity index (χ0n) is 10.6. The molecule has 0 N–H and O–H groups in total. The van der Waals surface area contributed by atoms with Crippen molar-refractivity contribution in [2.24, 2.45) is 0 Å². The quantitative estimate of drug-likeness (QED) is 0.789. The Balaban J connectivity index is 2.26. The van der Waals surface area contributed by atoms with Gasteiger partial charge in [0.15, 0.2) is 0 Å². The Morgan fingerprint density at radius 3 is 2.61 bits per heavy atom. The fraction of sp³-hybridized carbons (Fsp3) is 0.385. The number of aromatic nitrogens is 2. The summed E-state index contributed by atoms with van der Waals surface area (Å²) in [6.07, 6.45) is 0.126. The molecule has 18 heavy (non-hydrogen) atoms. The lowest BCUT2D eigenvalue weighted by molar-refractivity contribution is 0.242. The summed E-state index contributed by atoms with van der Waals surface area (Å²) in [6.45, 7) is 5.75. The second-order valence-electron chi connectivity index (χ2n) is 4.26. The van der Waals surface area contributed by atoms with E-state index in [0.29, 0.717) is 11.8 Å². The van der Waals surface area contributed by atoms with Crippen molar-refractivity contribution in [3.05, 3.63) is 30.2 Å². The summed E-state index contributed by atoms with van der Waals surface area (Å²) in [5.74, 6) is 1.65. The minimum atomic E-state index is -0.290. The molecule has 0 aliphatic heterocycles. The maximum absolute atomic E-state index is 5.88. The molecule has 0 saturated carbocycles. The van der Waals surface area contributed by atoms with E-state index < -0.39 is 0 Å². The van der Waals surface area contributed by atoms with E-state index >= 15 is 0 Å². The van der Waals surface area contributed by atoms with E-state index in [2.05, 4.69) is 10.2 Å². The molecular weight excluding hydrogens is 252 g/mol. The number of rotatable bonds is 4. The Kier molecular flexibility index (Phi) is 3.87. The molecule has 0 bridgehead atoms. The number of hydrogen-bond donors (Lipinski definition) is 0.